The summed E-state index contributed by atoms with van der Waals surface area (Å²) in [6.07, 6.45) is 3.00. The number of nitrogens with one attached hydrogen (secondary N) is 1. The molecule has 0 unspecified atom stereocenters. The number of benzene rings is 1. The predicted octanol–water partition coefficient (Wildman–Crippen LogP) is 3.64. The topological polar surface area (TPSA) is 62.3 Å². The average molecular weight is 345 g/mol. The minimum absolute atomic E-state index is 0.0600. The molecule has 0 fully saturated rings. The van der Waals surface area contributed by atoms with Crippen LogP contribution < -0.4 is 5.32 Å². The van der Waals surface area contributed by atoms with Crippen molar-refractivity contribution in [2.75, 3.05) is 12.4 Å². The SMILES string of the molecule is CCc1cccc(NC(=O)CCC(=O)N(C)[C@@H](C)c2nccs2)c1. The normalized spacial score (nSPS) is 11.8. The molecule has 0 saturated heterocycles. The Kier molecular flexibility index (Phi) is 6.49. The number of hydrogen-bond acceptors (Lipinski definition) is 4. The fourth-order valence-corrected chi connectivity index (χ4v) is 3.05. The van der Waals surface area contributed by atoms with Gasteiger partial charge in [-0.3, -0.25) is 9.59 Å². The number of carbonyl (C=O) groups is 2. The molecule has 0 radical (unpaired) electrons. The van der Waals surface area contributed by atoms with E-state index in [1.807, 2.05) is 36.6 Å². The second-order valence-corrected chi connectivity index (χ2v) is 6.58. The summed E-state index contributed by atoms with van der Waals surface area (Å²) < 4.78 is 0. The summed E-state index contributed by atoms with van der Waals surface area (Å²) in [5.74, 6) is -0.206. The van der Waals surface area contributed by atoms with Crippen LogP contribution in [0.25, 0.3) is 0 Å². The lowest BCUT2D eigenvalue weighted by Crippen LogP contribution is -2.30. The van der Waals surface area contributed by atoms with Gasteiger partial charge < -0.3 is 10.2 Å². The van der Waals surface area contributed by atoms with Crippen LogP contribution in [0.4, 0.5) is 5.69 Å². The molecule has 2 amide bonds. The van der Waals surface area contributed by atoms with E-state index in [2.05, 4.69) is 17.2 Å². The summed E-state index contributed by atoms with van der Waals surface area (Å²) in [6.45, 7) is 4.01. The van der Waals surface area contributed by atoms with Crippen molar-refractivity contribution in [3.05, 3.63) is 46.4 Å². The zero-order chi connectivity index (χ0) is 17.5. The fourth-order valence-electron chi connectivity index (χ4n) is 2.31. The zero-order valence-electron chi connectivity index (χ0n) is 14.3. The molecule has 5 nitrogen and oxygen atoms in total. The Hall–Kier alpha value is -2.21. The maximum absolute atomic E-state index is 12.3. The predicted molar refractivity (Wildman–Crippen MR) is 97.0 cm³/mol. The van der Waals surface area contributed by atoms with Gasteiger partial charge in [0.1, 0.15) is 5.01 Å². The van der Waals surface area contributed by atoms with E-state index in [1.165, 1.54) is 16.9 Å². The van der Waals surface area contributed by atoms with Crippen molar-refractivity contribution in [3.63, 3.8) is 0 Å². The van der Waals surface area contributed by atoms with E-state index in [0.717, 1.165) is 17.1 Å². The van der Waals surface area contributed by atoms with E-state index < -0.39 is 0 Å². The first-order chi connectivity index (χ1) is 11.5. The van der Waals surface area contributed by atoms with Crippen molar-refractivity contribution in [2.45, 2.75) is 39.2 Å². The van der Waals surface area contributed by atoms with Gasteiger partial charge in [-0.2, -0.15) is 0 Å². The molecule has 0 bridgehead atoms. The number of aryl methyl sites for hydroxylation is 1. The van der Waals surface area contributed by atoms with Gasteiger partial charge in [-0.05, 0) is 31.0 Å². The van der Waals surface area contributed by atoms with Crippen LogP contribution in [-0.4, -0.2) is 28.7 Å². The molecule has 0 aliphatic carbocycles. The maximum Gasteiger partial charge on any atom is 0.224 e. The molecule has 0 aliphatic heterocycles. The molecular formula is C18H23N3O2S. The summed E-state index contributed by atoms with van der Waals surface area (Å²) >= 11 is 1.52. The van der Waals surface area contributed by atoms with E-state index in [-0.39, 0.29) is 30.7 Å². The highest BCUT2D eigenvalue weighted by molar-refractivity contribution is 7.09. The molecule has 2 aromatic rings. The molecule has 24 heavy (non-hydrogen) atoms. The zero-order valence-corrected chi connectivity index (χ0v) is 15.1. The van der Waals surface area contributed by atoms with Crippen LogP contribution in [0.5, 0.6) is 0 Å². The molecule has 128 valence electrons. The molecule has 6 heteroatoms. The van der Waals surface area contributed by atoms with E-state index in [4.69, 9.17) is 0 Å². The number of nitrogens with zero attached hydrogens (tertiary/aromatic N) is 2. The molecule has 1 atom stereocenters. The number of amides is 2. The highest BCUT2D eigenvalue weighted by Crippen LogP contribution is 2.21. The van der Waals surface area contributed by atoms with Crippen molar-refractivity contribution in [1.29, 1.82) is 0 Å². The molecule has 1 aromatic heterocycles. The highest BCUT2D eigenvalue weighted by Gasteiger charge is 2.19. The van der Waals surface area contributed by atoms with E-state index >= 15 is 0 Å². The van der Waals surface area contributed by atoms with Gasteiger partial charge in [0.15, 0.2) is 0 Å². The standard InChI is InChI=1S/C18H23N3O2S/c1-4-14-6-5-7-15(12-14)20-16(22)8-9-17(23)21(3)13(2)18-19-10-11-24-18/h5-7,10-13H,4,8-9H2,1-3H3,(H,20,22)/t13-/m0/s1. The third-order valence-electron chi connectivity index (χ3n) is 3.97. The first-order valence-electron chi connectivity index (χ1n) is 8.05. The first-order valence-corrected chi connectivity index (χ1v) is 8.93. The van der Waals surface area contributed by atoms with Crippen LogP contribution in [0.3, 0.4) is 0 Å². The molecular weight excluding hydrogens is 322 g/mol. The summed E-state index contributed by atoms with van der Waals surface area (Å²) in [4.78, 5) is 30.2. The van der Waals surface area contributed by atoms with Crippen LogP contribution in [0, 0.1) is 0 Å². The van der Waals surface area contributed by atoms with Crippen molar-refractivity contribution in [1.82, 2.24) is 9.88 Å². The van der Waals surface area contributed by atoms with Gasteiger partial charge in [0.05, 0.1) is 6.04 Å². The van der Waals surface area contributed by atoms with Gasteiger partial charge in [0, 0.05) is 37.2 Å². The Balaban J connectivity index is 1.83. The quantitative estimate of drug-likeness (QED) is 0.833. The monoisotopic (exact) mass is 345 g/mol. The molecule has 0 saturated carbocycles. The number of rotatable bonds is 7. The van der Waals surface area contributed by atoms with Crippen LogP contribution in [-0.2, 0) is 16.0 Å². The third-order valence-corrected chi connectivity index (χ3v) is 4.91. The Morgan fingerprint density at radius 3 is 2.79 bits per heavy atom. The Morgan fingerprint density at radius 1 is 1.33 bits per heavy atom. The summed E-state index contributed by atoms with van der Waals surface area (Å²) in [5.41, 5.74) is 1.94. The number of anilines is 1. The number of hydrogen-bond donors (Lipinski definition) is 1. The van der Waals surface area contributed by atoms with Crippen molar-refractivity contribution < 1.29 is 9.59 Å². The van der Waals surface area contributed by atoms with Crippen molar-refractivity contribution in [3.8, 4) is 0 Å². The van der Waals surface area contributed by atoms with Gasteiger partial charge in [-0.1, -0.05) is 19.1 Å². The molecule has 2 rings (SSSR count). The van der Waals surface area contributed by atoms with Crippen molar-refractivity contribution >= 4 is 28.8 Å². The Labute approximate surface area is 146 Å². The van der Waals surface area contributed by atoms with Gasteiger partial charge in [-0.15, -0.1) is 11.3 Å². The lowest BCUT2D eigenvalue weighted by molar-refractivity contribution is -0.133. The largest absolute Gasteiger partial charge is 0.337 e. The van der Waals surface area contributed by atoms with Gasteiger partial charge >= 0.3 is 0 Å². The van der Waals surface area contributed by atoms with Gasteiger partial charge in [0.2, 0.25) is 11.8 Å². The third kappa shape index (κ3) is 4.89. The first kappa shape index (κ1) is 18.1. The van der Waals surface area contributed by atoms with Gasteiger partial charge in [-0.25, -0.2) is 4.98 Å². The van der Waals surface area contributed by atoms with Crippen molar-refractivity contribution in [2.24, 2.45) is 0 Å². The average Bonchev–Trinajstić information content (AvgIpc) is 3.13. The fraction of sp³-hybridized carbons (Fsp3) is 0.389. The number of aromatic nitrogens is 1. The van der Waals surface area contributed by atoms with E-state index in [0.29, 0.717) is 0 Å². The second kappa shape index (κ2) is 8.59. The highest BCUT2D eigenvalue weighted by atomic mass is 32.1. The van der Waals surface area contributed by atoms with E-state index in [1.54, 1.807) is 18.1 Å². The second-order valence-electron chi connectivity index (χ2n) is 5.65. The Bertz CT molecular complexity index is 685. The number of thiazole rings is 1. The lowest BCUT2D eigenvalue weighted by Gasteiger charge is -2.23. The van der Waals surface area contributed by atoms with Crippen LogP contribution in [0.15, 0.2) is 35.8 Å². The minimum atomic E-state index is -0.146. The lowest BCUT2D eigenvalue weighted by atomic mass is 10.1. The van der Waals surface area contributed by atoms with Gasteiger partial charge in [0.25, 0.3) is 0 Å². The van der Waals surface area contributed by atoms with E-state index in [9.17, 15) is 9.59 Å². The smallest absolute Gasteiger partial charge is 0.224 e. The summed E-state index contributed by atoms with van der Waals surface area (Å²) in [7, 11) is 1.75. The minimum Gasteiger partial charge on any atom is -0.337 e. The molecule has 1 N–H and O–H groups in total. The molecule has 1 heterocycles. The van der Waals surface area contributed by atoms with Crippen LogP contribution in [0.2, 0.25) is 0 Å². The molecule has 0 aliphatic rings. The van der Waals surface area contributed by atoms with Crippen LogP contribution in [0.1, 0.15) is 43.3 Å². The van der Waals surface area contributed by atoms with Crippen LogP contribution >= 0.6 is 11.3 Å². The number of carbonyl (C=O) groups excluding carboxylic acids is 2. The molecule has 0 spiro atoms. The Morgan fingerprint density at radius 2 is 2.12 bits per heavy atom. The summed E-state index contributed by atoms with van der Waals surface area (Å²) in [6, 6.07) is 7.67. The summed E-state index contributed by atoms with van der Waals surface area (Å²) in [5, 5.41) is 5.63. The molecule has 1 aromatic carbocycles. The maximum atomic E-state index is 12.3.